The number of benzene rings is 2. The summed E-state index contributed by atoms with van der Waals surface area (Å²) < 4.78 is 0. The van der Waals surface area contributed by atoms with E-state index in [9.17, 15) is 14.4 Å². The molecular formula is C20H18Cl3N5O3. The number of amides is 3. The van der Waals surface area contributed by atoms with Gasteiger partial charge in [0.1, 0.15) is 0 Å². The van der Waals surface area contributed by atoms with Crippen molar-refractivity contribution in [2.75, 3.05) is 10.6 Å². The van der Waals surface area contributed by atoms with E-state index < -0.39 is 30.2 Å². The first-order chi connectivity index (χ1) is 14.8. The lowest BCUT2D eigenvalue weighted by Gasteiger charge is -2.43. The number of piperidine rings is 1. The Morgan fingerprint density at radius 2 is 1.77 bits per heavy atom. The highest BCUT2D eigenvalue weighted by atomic mass is 35.5. The average Bonchev–Trinajstić information content (AvgIpc) is 2.69. The summed E-state index contributed by atoms with van der Waals surface area (Å²) >= 11 is 18.1. The van der Waals surface area contributed by atoms with Gasteiger partial charge in [-0.25, -0.2) is 0 Å². The fraction of sp³-hybridized carbons (Fsp3) is 0.250. The molecule has 0 aliphatic carbocycles. The number of carbonyl (C=O) groups excluding carboxylic acids is 3. The van der Waals surface area contributed by atoms with Gasteiger partial charge in [0.05, 0.1) is 28.7 Å². The summed E-state index contributed by atoms with van der Waals surface area (Å²) in [6.07, 6.45) is -1.54. The van der Waals surface area contributed by atoms with Crippen molar-refractivity contribution in [1.82, 2.24) is 16.0 Å². The molecule has 8 nitrogen and oxygen atoms in total. The Labute approximate surface area is 193 Å². The van der Waals surface area contributed by atoms with Gasteiger partial charge in [0.25, 0.3) is 0 Å². The van der Waals surface area contributed by atoms with Crippen molar-refractivity contribution in [3.05, 3.63) is 57.5 Å². The molecular weight excluding hydrogens is 465 g/mol. The molecule has 0 bridgehead atoms. The van der Waals surface area contributed by atoms with Crippen LogP contribution in [-0.4, -0.2) is 30.2 Å². The minimum atomic E-state index is -0.895. The van der Waals surface area contributed by atoms with Crippen molar-refractivity contribution in [3.63, 3.8) is 0 Å². The first kappa shape index (κ1) is 21.7. The zero-order chi connectivity index (χ0) is 22.1. The van der Waals surface area contributed by atoms with Crippen molar-refractivity contribution < 1.29 is 14.4 Å². The van der Waals surface area contributed by atoms with Crippen LogP contribution in [0.15, 0.2) is 42.5 Å². The number of hydrogen-bond donors (Lipinski definition) is 5. The van der Waals surface area contributed by atoms with E-state index in [2.05, 4.69) is 26.6 Å². The van der Waals surface area contributed by atoms with Gasteiger partial charge >= 0.3 is 0 Å². The molecule has 0 spiro atoms. The van der Waals surface area contributed by atoms with Gasteiger partial charge in [0.15, 0.2) is 6.29 Å². The number of halogens is 3. The molecule has 3 amide bonds. The van der Waals surface area contributed by atoms with Gasteiger partial charge in [0, 0.05) is 22.2 Å². The molecule has 4 rings (SSSR count). The third-order valence-electron chi connectivity index (χ3n) is 5.11. The molecule has 2 saturated heterocycles. The fourth-order valence-corrected chi connectivity index (χ4v) is 4.24. The molecule has 162 valence electrons. The standard InChI is InChI=1S/C20H18Cl3N5O3/c21-9-2-1-3-11(6-9)24-20-27-17-16(19(31)28-20)12(8-15(29)26-17)18(30)25-14-7-10(22)4-5-13(14)23/h1-7,12,16-17,20,24,27H,8H2,(H,25,30)(H,26,29)(H,28,31). The zero-order valence-corrected chi connectivity index (χ0v) is 18.2. The van der Waals surface area contributed by atoms with Gasteiger partial charge in [-0.05, 0) is 36.4 Å². The minimum absolute atomic E-state index is 0.132. The van der Waals surface area contributed by atoms with Crippen molar-refractivity contribution in [3.8, 4) is 0 Å². The van der Waals surface area contributed by atoms with Crippen molar-refractivity contribution in [2.45, 2.75) is 18.9 Å². The number of fused-ring (bicyclic) bond motifs is 1. The van der Waals surface area contributed by atoms with Gasteiger partial charge in [-0.1, -0.05) is 40.9 Å². The van der Waals surface area contributed by atoms with E-state index in [-0.39, 0.29) is 18.2 Å². The fourth-order valence-electron chi connectivity index (χ4n) is 3.72. The van der Waals surface area contributed by atoms with Crippen molar-refractivity contribution in [1.29, 1.82) is 0 Å². The van der Waals surface area contributed by atoms with Gasteiger partial charge in [-0.2, -0.15) is 0 Å². The zero-order valence-electron chi connectivity index (χ0n) is 15.9. The van der Waals surface area contributed by atoms with Crippen LogP contribution in [0.3, 0.4) is 0 Å². The monoisotopic (exact) mass is 481 g/mol. The van der Waals surface area contributed by atoms with E-state index in [1.807, 2.05) is 0 Å². The summed E-state index contributed by atoms with van der Waals surface area (Å²) in [6, 6.07) is 11.6. The maximum atomic E-state index is 13.0. The molecule has 11 heteroatoms. The van der Waals surface area contributed by atoms with Gasteiger partial charge < -0.3 is 21.3 Å². The Balaban J connectivity index is 1.50. The molecule has 0 aromatic heterocycles. The van der Waals surface area contributed by atoms with Crippen molar-refractivity contribution >= 4 is 63.9 Å². The molecule has 2 fully saturated rings. The Kier molecular flexibility index (Phi) is 6.24. The largest absolute Gasteiger partial charge is 0.353 e. The van der Waals surface area contributed by atoms with E-state index in [1.165, 1.54) is 6.07 Å². The van der Waals surface area contributed by atoms with Gasteiger partial charge in [-0.3, -0.25) is 19.7 Å². The van der Waals surface area contributed by atoms with Gasteiger partial charge in [-0.15, -0.1) is 0 Å². The number of carbonyl (C=O) groups is 3. The second-order valence-corrected chi connectivity index (χ2v) is 8.54. The highest BCUT2D eigenvalue weighted by molar-refractivity contribution is 6.35. The predicted octanol–water partition coefficient (Wildman–Crippen LogP) is 2.78. The highest BCUT2D eigenvalue weighted by Crippen LogP contribution is 2.30. The first-order valence-corrected chi connectivity index (χ1v) is 10.6. The molecule has 31 heavy (non-hydrogen) atoms. The summed E-state index contributed by atoms with van der Waals surface area (Å²) in [5, 5.41) is 15.6. The number of hydrogen-bond acceptors (Lipinski definition) is 5. The average molecular weight is 483 g/mol. The molecule has 0 saturated carbocycles. The normalized spacial score (nSPS) is 25.1. The molecule has 4 unspecified atom stereocenters. The predicted molar refractivity (Wildman–Crippen MR) is 119 cm³/mol. The molecule has 4 atom stereocenters. The maximum Gasteiger partial charge on any atom is 0.229 e. The maximum absolute atomic E-state index is 13.0. The quantitative estimate of drug-likeness (QED) is 0.460. The van der Waals surface area contributed by atoms with E-state index in [4.69, 9.17) is 34.8 Å². The summed E-state index contributed by atoms with van der Waals surface area (Å²) in [7, 11) is 0. The minimum Gasteiger partial charge on any atom is -0.353 e. The topological polar surface area (TPSA) is 111 Å². The Hall–Kier alpha value is -2.52. The molecule has 2 heterocycles. The molecule has 2 aliphatic heterocycles. The van der Waals surface area contributed by atoms with Crippen LogP contribution < -0.4 is 26.6 Å². The van der Waals surface area contributed by atoms with Crippen LogP contribution in [0.1, 0.15) is 6.42 Å². The number of rotatable bonds is 4. The van der Waals surface area contributed by atoms with Crippen LogP contribution >= 0.6 is 34.8 Å². The van der Waals surface area contributed by atoms with E-state index in [0.29, 0.717) is 26.4 Å². The molecule has 5 N–H and O–H groups in total. The third kappa shape index (κ3) is 4.88. The number of anilines is 2. The molecule has 2 aromatic carbocycles. The highest BCUT2D eigenvalue weighted by Gasteiger charge is 2.48. The second kappa shape index (κ2) is 8.92. The van der Waals surface area contributed by atoms with Crippen LogP contribution in [-0.2, 0) is 14.4 Å². The van der Waals surface area contributed by atoms with Gasteiger partial charge in [0.2, 0.25) is 17.7 Å². The summed E-state index contributed by atoms with van der Waals surface area (Å²) in [5.41, 5.74) is 0.988. The lowest BCUT2D eigenvalue weighted by molar-refractivity contribution is -0.144. The van der Waals surface area contributed by atoms with E-state index >= 15 is 0 Å². The Bertz CT molecular complexity index is 1050. The van der Waals surface area contributed by atoms with E-state index in [1.54, 1.807) is 36.4 Å². The lowest BCUT2D eigenvalue weighted by atomic mass is 9.81. The Morgan fingerprint density at radius 1 is 1.00 bits per heavy atom. The van der Waals surface area contributed by atoms with Crippen LogP contribution in [0.2, 0.25) is 15.1 Å². The Morgan fingerprint density at radius 3 is 2.55 bits per heavy atom. The first-order valence-electron chi connectivity index (χ1n) is 9.44. The SMILES string of the molecule is O=C1CC(C(=O)Nc2cc(Cl)ccc2Cl)C2C(=O)NC(Nc3cccc(Cl)c3)NC2N1. The molecule has 0 radical (unpaired) electrons. The lowest BCUT2D eigenvalue weighted by Crippen LogP contribution is -2.72. The van der Waals surface area contributed by atoms with E-state index in [0.717, 1.165) is 0 Å². The van der Waals surface area contributed by atoms with Crippen LogP contribution in [0.25, 0.3) is 0 Å². The smallest absolute Gasteiger partial charge is 0.229 e. The third-order valence-corrected chi connectivity index (χ3v) is 5.91. The van der Waals surface area contributed by atoms with Crippen molar-refractivity contribution in [2.24, 2.45) is 11.8 Å². The second-order valence-electron chi connectivity index (χ2n) is 7.26. The summed E-state index contributed by atoms with van der Waals surface area (Å²) in [6.45, 7) is 0. The molecule has 2 aliphatic rings. The van der Waals surface area contributed by atoms with Crippen LogP contribution in [0, 0.1) is 11.8 Å². The van der Waals surface area contributed by atoms with Crippen LogP contribution in [0.4, 0.5) is 11.4 Å². The summed E-state index contributed by atoms with van der Waals surface area (Å²) in [5.74, 6) is -2.92. The molecule has 2 aromatic rings. The summed E-state index contributed by atoms with van der Waals surface area (Å²) in [4.78, 5) is 38.1. The number of nitrogens with one attached hydrogen (secondary N) is 5. The van der Waals surface area contributed by atoms with Crippen LogP contribution in [0.5, 0.6) is 0 Å².